The third kappa shape index (κ3) is 4.48. The zero-order chi connectivity index (χ0) is 17.7. The van der Waals surface area contributed by atoms with Crippen LogP contribution in [0.25, 0.3) is 0 Å². The fourth-order valence-electron chi connectivity index (χ4n) is 2.20. The summed E-state index contributed by atoms with van der Waals surface area (Å²) in [5, 5.41) is 5.36. The number of anilines is 1. The summed E-state index contributed by atoms with van der Waals surface area (Å²) in [6.45, 7) is 1.89. The van der Waals surface area contributed by atoms with Crippen LogP contribution in [-0.2, 0) is 0 Å². The summed E-state index contributed by atoms with van der Waals surface area (Å²) in [4.78, 5) is 23.3. The predicted octanol–water partition coefficient (Wildman–Crippen LogP) is 3.44. The molecule has 0 saturated heterocycles. The van der Waals surface area contributed by atoms with Crippen molar-refractivity contribution in [3.8, 4) is 5.75 Å². The molecule has 2 rings (SSSR count). The molecule has 24 heavy (non-hydrogen) atoms. The number of ether oxygens (including phenoxy) is 1. The molecule has 0 spiro atoms. The summed E-state index contributed by atoms with van der Waals surface area (Å²) in [6.07, 6.45) is 0. The minimum absolute atomic E-state index is 0.201. The summed E-state index contributed by atoms with van der Waals surface area (Å²) in [5.41, 5.74) is 6.91. The molecule has 0 saturated carbocycles. The van der Waals surface area contributed by atoms with Crippen molar-refractivity contribution in [3.63, 3.8) is 0 Å². The zero-order valence-corrected chi connectivity index (χ0v) is 14.9. The second-order valence-corrected chi connectivity index (χ2v) is 6.01. The van der Waals surface area contributed by atoms with Crippen molar-refractivity contribution in [2.75, 3.05) is 12.4 Å². The highest BCUT2D eigenvalue weighted by atomic mass is 79.9. The van der Waals surface area contributed by atoms with Gasteiger partial charge in [0, 0.05) is 11.3 Å². The first-order valence-electron chi connectivity index (χ1n) is 7.21. The van der Waals surface area contributed by atoms with E-state index in [0.29, 0.717) is 11.3 Å². The summed E-state index contributed by atoms with van der Waals surface area (Å²) in [7, 11) is 1.60. The van der Waals surface area contributed by atoms with E-state index in [1.807, 2.05) is 25.1 Å². The lowest BCUT2D eigenvalue weighted by Gasteiger charge is -2.16. The molecule has 0 bridgehead atoms. The molecule has 3 amide bonds. The quantitative estimate of drug-likeness (QED) is 0.728. The highest BCUT2D eigenvalue weighted by Gasteiger charge is 2.13. The van der Waals surface area contributed by atoms with Gasteiger partial charge in [0.25, 0.3) is 5.91 Å². The van der Waals surface area contributed by atoms with Gasteiger partial charge in [-0.1, -0.05) is 12.1 Å². The number of nitrogens with two attached hydrogens (primary N) is 1. The Morgan fingerprint density at radius 3 is 2.58 bits per heavy atom. The third-order valence-corrected chi connectivity index (χ3v) is 4.04. The number of carbonyl (C=O) groups excluding carboxylic acids is 2. The van der Waals surface area contributed by atoms with E-state index in [4.69, 9.17) is 10.5 Å². The van der Waals surface area contributed by atoms with Gasteiger partial charge in [0.2, 0.25) is 0 Å². The number of halogens is 1. The largest absolute Gasteiger partial charge is 0.496 e. The van der Waals surface area contributed by atoms with E-state index < -0.39 is 6.03 Å². The van der Waals surface area contributed by atoms with Crippen molar-refractivity contribution in [1.82, 2.24) is 5.32 Å². The Balaban J connectivity index is 2.11. The van der Waals surface area contributed by atoms with Gasteiger partial charge in [-0.2, -0.15) is 0 Å². The maximum atomic E-state index is 12.4. The normalized spacial score (nSPS) is 11.5. The topological polar surface area (TPSA) is 93.4 Å². The summed E-state index contributed by atoms with van der Waals surface area (Å²) >= 11 is 3.43. The highest BCUT2D eigenvalue weighted by molar-refractivity contribution is 9.10. The van der Waals surface area contributed by atoms with Gasteiger partial charge in [-0.3, -0.25) is 4.79 Å². The van der Waals surface area contributed by atoms with E-state index >= 15 is 0 Å². The van der Waals surface area contributed by atoms with Gasteiger partial charge in [0.05, 0.1) is 17.6 Å². The van der Waals surface area contributed by atoms with Crippen LogP contribution in [0.3, 0.4) is 0 Å². The fraction of sp³-hybridized carbons (Fsp3) is 0.176. The maximum absolute atomic E-state index is 12.4. The third-order valence-electron chi connectivity index (χ3n) is 3.42. The van der Waals surface area contributed by atoms with Crippen LogP contribution in [0.15, 0.2) is 46.9 Å². The molecule has 0 aromatic heterocycles. The van der Waals surface area contributed by atoms with E-state index in [-0.39, 0.29) is 11.9 Å². The minimum atomic E-state index is -0.677. The average Bonchev–Trinajstić information content (AvgIpc) is 2.54. The number of hydrogen-bond donors (Lipinski definition) is 3. The molecule has 6 nitrogen and oxygen atoms in total. The van der Waals surface area contributed by atoms with E-state index in [1.165, 1.54) is 0 Å². The Labute approximate surface area is 148 Å². The number of amides is 3. The molecule has 1 atom stereocenters. The molecule has 7 heteroatoms. The molecule has 0 fully saturated rings. The molecule has 126 valence electrons. The molecule has 0 heterocycles. The van der Waals surface area contributed by atoms with Crippen LogP contribution in [0, 0.1) is 0 Å². The predicted molar refractivity (Wildman–Crippen MR) is 96.2 cm³/mol. The Morgan fingerprint density at radius 1 is 1.21 bits per heavy atom. The first-order valence-corrected chi connectivity index (χ1v) is 8.01. The molecule has 0 unspecified atom stereocenters. The average molecular weight is 392 g/mol. The molecule has 0 aliphatic carbocycles. The lowest BCUT2D eigenvalue weighted by Crippen LogP contribution is -2.27. The molecule has 0 radical (unpaired) electrons. The van der Waals surface area contributed by atoms with Crippen molar-refractivity contribution in [3.05, 3.63) is 58.1 Å². The fourth-order valence-corrected chi connectivity index (χ4v) is 2.75. The van der Waals surface area contributed by atoms with Crippen molar-refractivity contribution in [1.29, 1.82) is 0 Å². The Morgan fingerprint density at radius 2 is 1.96 bits per heavy atom. The second kappa shape index (κ2) is 7.83. The smallest absolute Gasteiger partial charge is 0.316 e. The van der Waals surface area contributed by atoms with Gasteiger partial charge in [-0.15, -0.1) is 0 Å². The van der Waals surface area contributed by atoms with E-state index in [9.17, 15) is 9.59 Å². The van der Waals surface area contributed by atoms with Gasteiger partial charge < -0.3 is 21.1 Å². The van der Waals surface area contributed by atoms with Crippen LogP contribution in [0.2, 0.25) is 0 Å². The minimum Gasteiger partial charge on any atom is -0.496 e. The van der Waals surface area contributed by atoms with Gasteiger partial charge in [-0.05, 0) is 58.7 Å². The zero-order valence-electron chi connectivity index (χ0n) is 13.3. The molecule has 2 aromatic rings. The van der Waals surface area contributed by atoms with Gasteiger partial charge in [0.1, 0.15) is 5.75 Å². The Kier molecular flexibility index (Phi) is 5.81. The molecule has 0 aliphatic heterocycles. The monoisotopic (exact) mass is 391 g/mol. The van der Waals surface area contributed by atoms with Crippen molar-refractivity contribution < 1.29 is 14.3 Å². The van der Waals surface area contributed by atoms with E-state index in [0.717, 1.165) is 15.8 Å². The lowest BCUT2D eigenvalue weighted by molar-refractivity contribution is 0.0940. The Hall–Kier alpha value is -2.54. The van der Waals surface area contributed by atoms with Gasteiger partial charge in [-0.25, -0.2) is 4.79 Å². The number of primary amides is 1. The van der Waals surface area contributed by atoms with Crippen LogP contribution < -0.4 is 21.1 Å². The molecule has 0 aliphatic rings. The SMILES string of the molecule is COc1ccc([C@H](C)NC(=O)c2cccc(NC(N)=O)c2)cc1Br. The molecule has 4 N–H and O–H groups in total. The lowest BCUT2D eigenvalue weighted by atomic mass is 10.1. The van der Waals surface area contributed by atoms with Crippen LogP contribution in [-0.4, -0.2) is 19.0 Å². The first-order chi connectivity index (χ1) is 11.4. The summed E-state index contributed by atoms with van der Waals surface area (Å²) in [6, 6.07) is 11.3. The number of urea groups is 1. The maximum Gasteiger partial charge on any atom is 0.316 e. The van der Waals surface area contributed by atoms with Crippen LogP contribution >= 0.6 is 15.9 Å². The summed E-state index contributed by atoms with van der Waals surface area (Å²) in [5.74, 6) is 0.477. The number of benzene rings is 2. The summed E-state index contributed by atoms with van der Waals surface area (Å²) < 4.78 is 6.01. The number of carbonyl (C=O) groups is 2. The molecular formula is C17H18BrN3O3. The van der Waals surface area contributed by atoms with Crippen LogP contribution in [0.4, 0.5) is 10.5 Å². The van der Waals surface area contributed by atoms with Gasteiger partial charge in [0.15, 0.2) is 0 Å². The van der Waals surface area contributed by atoms with E-state index in [1.54, 1.807) is 31.4 Å². The van der Waals surface area contributed by atoms with Gasteiger partial charge >= 0.3 is 6.03 Å². The second-order valence-electron chi connectivity index (χ2n) is 5.16. The molecular weight excluding hydrogens is 374 g/mol. The van der Waals surface area contributed by atoms with Crippen molar-refractivity contribution in [2.45, 2.75) is 13.0 Å². The molecule has 2 aromatic carbocycles. The number of nitrogens with one attached hydrogen (secondary N) is 2. The standard InChI is InChI=1S/C17H18BrN3O3/c1-10(11-6-7-15(24-2)14(18)9-11)20-16(22)12-4-3-5-13(8-12)21-17(19)23/h3-10H,1-2H3,(H,20,22)(H3,19,21,23)/t10-/m0/s1. The Bertz CT molecular complexity index is 764. The van der Waals surface area contributed by atoms with Crippen LogP contribution in [0.5, 0.6) is 5.75 Å². The number of methoxy groups -OCH3 is 1. The number of hydrogen-bond acceptors (Lipinski definition) is 3. The van der Waals surface area contributed by atoms with Crippen LogP contribution in [0.1, 0.15) is 28.9 Å². The highest BCUT2D eigenvalue weighted by Crippen LogP contribution is 2.28. The van der Waals surface area contributed by atoms with Crippen molar-refractivity contribution >= 4 is 33.6 Å². The van der Waals surface area contributed by atoms with E-state index in [2.05, 4.69) is 26.6 Å². The van der Waals surface area contributed by atoms with Crippen molar-refractivity contribution in [2.24, 2.45) is 5.73 Å². The first kappa shape index (κ1) is 17.8. The number of rotatable bonds is 5.